The number of imide groups is 1. The number of benzene rings is 2. The SMILES string of the molecule is COc1cc(/C=C2/SC(=O)NC2=O)ccc1OC(=O)c1ccccc1Cl. The Bertz CT molecular complexity index is 941. The van der Waals surface area contributed by atoms with Crippen molar-refractivity contribution in [1.29, 1.82) is 0 Å². The maximum absolute atomic E-state index is 12.3. The van der Waals surface area contributed by atoms with Crippen molar-refractivity contribution in [2.75, 3.05) is 7.11 Å². The maximum Gasteiger partial charge on any atom is 0.345 e. The van der Waals surface area contributed by atoms with E-state index >= 15 is 0 Å². The van der Waals surface area contributed by atoms with Gasteiger partial charge in [0.15, 0.2) is 11.5 Å². The minimum Gasteiger partial charge on any atom is -0.493 e. The van der Waals surface area contributed by atoms with Crippen LogP contribution >= 0.6 is 23.4 Å². The van der Waals surface area contributed by atoms with E-state index in [1.165, 1.54) is 7.11 Å². The molecular weight excluding hydrogens is 378 g/mol. The van der Waals surface area contributed by atoms with Crippen LogP contribution in [0.25, 0.3) is 6.08 Å². The van der Waals surface area contributed by atoms with Crippen molar-refractivity contribution in [3.8, 4) is 11.5 Å². The Kier molecular flexibility index (Phi) is 5.29. The Morgan fingerprint density at radius 3 is 2.58 bits per heavy atom. The monoisotopic (exact) mass is 389 g/mol. The summed E-state index contributed by atoms with van der Waals surface area (Å²) in [6.07, 6.45) is 1.55. The zero-order valence-corrected chi connectivity index (χ0v) is 15.0. The van der Waals surface area contributed by atoms with Crippen LogP contribution in [0, 0.1) is 0 Å². The molecule has 132 valence electrons. The maximum atomic E-state index is 12.3. The van der Waals surface area contributed by atoms with Gasteiger partial charge in [-0.15, -0.1) is 0 Å². The van der Waals surface area contributed by atoms with Crippen molar-refractivity contribution >= 4 is 46.6 Å². The quantitative estimate of drug-likeness (QED) is 0.485. The summed E-state index contributed by atoms with van der Waals surface area (Å²) in [7, 11) is 1.43. The van der Waals surface area contributed by atoms with Crippen LogP contribution in [0.4, 0.5) is 4.79 Å². The first kappa shape index (κ1) is 18.0. The highest BCUT2D eigenvalue weighted by atomic mass is 35.5. The Morgan fingerprint density at radius 1 is 1.15 bits per heavy atom. The fourth-order valence-corrected chi connectivity index (χ4v) is 3.11. The molecule has 0 radical (unpaired) electrons. The number of esters is 1. The van der Waals surface area contributed by atoms with Crippen LogP contribution in [0.15, 0.2) is 47.4 Å². The number of methoxy groups -OCH3 is 1. The molecule has 0 aromatic heterocycles. The summed E-state index contributed by atoms with van der Waals surface area (Å²) in [5.41, 5.74) is 0.853. The minimum absolute atomic E-state index is 0.208. The zero-order chi connectivity index (χ0) is 18.7. The van der Waals surface area contributed by atoms with Crippen molar-refractivity contribution in [2.24, 2.45) is 0 Å². The average molecular weight is 390 g/mol. The summed E-state index contributed by atoms with van der Waals surface area (Å²) in [6.45, 7) is 0. The van der Waals surface area contributed by atoms with E-state index < -0.39 is 17.1 Å². The van der Waals surface area contributed by atoms with Crippen LogP contribution in [0.5, 0.6) is 11.5 Å². The van der Waals surface area contributed by atoms with Crippen LogP contribution in [0.3, 0.4) is 0 Å². The standard InChI is InChI=1S/C18H12ClNO5S/c1-24-14-8-10(9-15-16(21)20-18(23)26-15)6-7-13(14)25-17(22)11-4-2-3-5-12(11)19/h2-9H,1H3,(H,20,21,23)/b15-9+. The van der Waals surface area contributed by atoms with E-state index in [4.69, 9.17) is 21.1 Å². The molecule has 26 heavy (non-hydrogen) atoms. The number of amides is 2. The first-order valence-corrected chi connectivity index (χ1v) is 8.57. The van der Waals surface area contributed by atoms with Crippen LogP contribution in [0.2, 0.25) is 5.02 Å². The van der Waals surface area contributed by atoms with Gasteiger partial charge in [-0.05, 0) is 47.7 Å². The summed E-state index contributed by atoms with van der Waals surface area (Å²) in [5.74, 6) is -0.557. The lowest BCUT2D eigenvalue weighted by atomic mass is 10.2. The molecule has 8 heteroatoms. The molecule has 1 aliphatic heterocycles. The van der Waals surface area contributed by atoms with E-state index in [1.54, 1.807) is 48.5 Å². The number of nitrogens with one attached hydrogen (secondary N) is 1. The minimum atomic E-state index is -0.615. The Balaban J connectivity index is 1.85. The number of hydrogen-bond donors (Lipinski definition) is 1. The van der Waals surface area contributed by atoms with Gasteiger partial charge < -0.3 is 9.47 Å². The number of carbonyl (C=O) groups is 3. The molecule has 1 N–H and O–H groups in total. The molecule has 1 saturated heterocycles. The van der Waals surface area contributed by atoms with E-state index in [0.717, 1.165) is 11.8 Å². The molecule has 6 nitrogen and oxygen atoms in total. The molecule has 2 aromatic rings. The van der Waals surface area contributed by atoms with Gasteiger partial charge in [-0.3, -0.25) is 14.9 Å². The molecule has 1 aliphatic rings. The number of carbonyl (C=O) groups excluding carboxylic acids is 3. The lowest BCUT2D eigenvalue weighted by Gasteiger charge is -2.10. The van der Waals surface area contributed by atoms with Gasteiger partial charge in [0.05, 0.1) is 22.6 Å². The molecule has 0 bridgehead atoms. The van der Waals surface area contributed by atoms with Crippen molar-refractivity contribution in [3.05, 3.63) is 63.5 Å². The highest BCUT2D eigenvalue weighted by molar-refractivity contribution is 8.18. The average Bonchev–Trinajstić information content (AvgIpc) is 2.93. The predicted octanol–water partition coefficient (Wildman–Crippen LogP) is 3.89. The highest BCUT2D eigenvalue weighted by Gasteiger charge is 2.25. The summed E-state index contributed by atoms with van der Waals surface area (Å²) < 4.78 is 10.6. The molecule has 0 unspecified atom stereocenters. The second-order valence-electron chi connectivity index (χ2n) is 5.13. The second kappa shape index (κ2) is 7.63. The molecule has 2 aromatic carbocycles. The number of rotatable bonds is 4. The molecule has 0 atom stereocenters. The Hall–Kier alpha value is -2.77. The van der Waals surface area contributed by atoms with Gasteiger partial charge in [0.2, 0.25) is 0 Å². The van der Waals surface area contributed by atoms with Gasteiger partial charge in [0.25, 0.3) is 11.1 Å². The number of ether oxygens (including phenoxy) is 2. The van der Waals surface area contributed by atoms with Crippen LogP contribution in [0.1, 0.15) is 15.9 Å². The summed E-state index contributed by atoms with van der Waals surface area (Å²) >= 11 is 6.81. The molecule has 0 spiro atoms. The van der Waals surface area contributed by atoms with Gasteiger partial charge in [0, 0.05) is 0 Å². The van der Waals surface area contributed by atoms with Crippen molar-refractivity contribution < 1.29 is 23.9 Å². The molecular formula is C18H12ClNO5S. The topological polar surface area (TPSA) is 81.7 Å². The molecule has 2 amide bonds. The number of halogens is 1. The van der Waals surface area contributed by atoms with E-state index in [1.807, 2.05) is 0 Å². The van der Waals surface area contributed by atoms with Crippen LogP contribution < -0.4 is 14.8 Å². The number of hydrogen-bond acceptors (Lipinski definition) is 6. The van der Waals surface area contributed by atoms with Crippen molar-refractivity contribution in [3.63, 3.8) is 0 Å². The Labute approximate surface area is 158 Å². The van der Waals surface area contributed by atoms with E-state index in [0.29, 0.717) is 11.3 Å². The molecule has 3 rings (SSSR count). The van der Waals surface area contributed by atoms with Crippen LogP contribution in [-0.4, -0.2) is 24.2 Å². The summed E-state index contributed by atoms with van der Waals surface area (Å²) in [6, 6.07) is 11.3. The molecule has 0 saturated carbocycles. The van der Waals surface area contributed by atoms with Gasteiger partial charge in [0.1, 0.15) is 0 Å². The summed E-state index contributed by atoms with van der Waals surface area (Å²) in [5, 5.41) is 2.05. The zero-order valence-electron chi connectivity index (χ0n) is 13.4. The Morgan fingerprint density at radius 2 is 1.92 bits per heavy atom. The third-order valence-corrected chi connectivity index (χ3v) is 4.56. The van der Waals surface area contributed by atoms with E-state index in [9.17, 15) is 14.4 Å². The van der Waals surface area contributed by atoms with Gasteiger partial charge in [-0.1, -0.05) is 29.8 Å². The first-order chi connectivity index (χ1) is 12.5. The van der Waals surface area contributed by atoms with Crippen molar-refractivity contribution in [2.45, 2.75) is 0 Å². The lowest BCUT2D eigenvalue weighted by Crippen LogP contribution is -2.17. The normalized spacial score (nSPS) is 15.1. The molecule has 1 heterocycles. The summed E-state index contributed by atoms with van der Waals surface area (Å²) in [4.78, 5) is 35.4. The smallest absolute Gasteiger partial charge is 0.345 e. The third-order valence-electron chi connectivity index (χ3n) is 3.42. The van der Waals surface area contributed by atoms with Crippen LogP contribution in [-0.2, 0) is 4.79 Å². The fourth-order valence-electron chi connectivity index (χ4n) is 2.21. The van der Waals surface area contributed by atoms with Gasteiger partial charge in [-0.25, -0.2) is 4.79 Å². The lowest BCUT2D eigenvalue weighted by molar-refractivity contribution is -0.115. The number of thioether (sulfide) groups is 1. The second-order valence-corrected chi connectivity index (χ2v) is 6.55. The first-order valence-electron chi connectivity index (χ1n) is 7.37. The molecule has 1 fully saturated rings. The van der Waals surface area contributed by atoms with Gasteiger partial charge in [-0.2, -0.15) is 0 Å². The highest BCUT2D eigenvalue weighted by Crippen LogP contribution is 2.32. The van der Waals surface area contributed by atoms with E-state index in [2.05, 4.69) is 5.32 Å². The fraction of sp³-hybridized carbons (Fsp3) is 0.0556. The third kappa shape index (κ3) is 3.89. The van der Waals surface area contributed by atoms with E-state index in [-0.39, 0.29) is 21.2 Å². The predicted molar refractivity (Wildman–Crippen MR) is 98.5 cm³/mol. The van der Waals surface area contributed by atoms with Crippen molar-refractivity contribution in [1.82, 2.24) is 5.32 Å². The largest absolute Gasteiger partial charge is 0.493 e. The van der Waals surface area contributed by atoms with Gasteiger partial charge >= 0.3 is 5.97 Å². The molecule has 0 aliphatic carbocycles.